The zero-order valence-corrected chi connectivity index (χ0v) is 9.93. The van der Waals surface area contributed by atoms with Crippen LogP contribution in [0.1, 0.15) is 0 Å². The van der Waals surface area contributed by atoms with Crippen molar-refractivity contribution < 1.29 is 19.8 Å². The first kappa shape index (κ1) is 17.5. The van der Waals surface area contributed by atoms with Crippen molar-refractivity contribution in [3.05, 3.63) is 25.3 Å². The average molecular weight is 304 g/mol. The molecule has 0 bridgehead atoms. The Morgan fingerprint density at radius 2 is 1.08 bits per heavy atom. The van der Waals surface area contributed by atoms with Crippen LogP contribution in [0.5, 0.6) is 0 Å². The van der Waals surface area contributed by atoms with E-state index in [-0.39, 0.29) is 0 Å². The fourth-order valence-electron chi connectivity index (χ4n) is 0. The van der Waals surface area contributed by atoms with E-state index in [1.807, 2.05) is 0 Å². The van der Waals surface area contributed by atoms with Crippen LogP contribution in [-0.4, -0.2) is 50.5 Å². The molecule has 0 radical (unpaired) electrons. The molecule has 4 nitrogen and oxygen atoms in total. The van der Waals surface area contributed by atoms with Crippen LogP contribution in [0, 0.1) is 0 Å². The molecule has 0 atom stereocenters. The first-order valence-corrected chi connectivity index (χ1v) is 7.65. The minimum absolute atomic E-state index is 0.833. The van der Waals surface area contributed by atoms with Gasteiger partial charge in [-0.1, -0.05) is 13.2 Å². The predicted octanol–water partition coefficient (Wildman–Crippen LogP) is -0.783. The van der Waals surface area contributed by atoms with Crippen molar-refractivity contribution in [3.8, 4) is 0 Å². The molecular formula is C6H10O4Se2. The van der Waals surface area contributed by atoms with Crippen LogP contribution in [0.15, 0.2) is 25.3 Å². The molecule has 6 heteroatoms. The number of carbonyl (C=O) groups is 2. The van der Waals surface area contributed by atoms with Crippen LogP contribution in [0.4, 0.5) is 0 Å². The molecule has 0 rings (SSSR count). The standard InChI is InChI=1S/2C3H4O2.H2Se2/c2*1-2-3(4)5;1-2/h2*2H,1H2,(H,4,5);1-2H. The molecule has 0 fully saturated rings. The predicted molar refractivity (Wildman–Crippen MR) is 50.0 cm³/mol. The molecule has 0 aromatic heterocycles. The Bertz CT molecular complexity index is 138. The summed E-state index contributed by atoms with van der Waals surface area (Å²) in [5.74, 6) is -1.96. The Kier molecular flexibility index (Phi) is 24.6. The Morgan fingerprint density at radius 1 is 1.00 bits per heavy atom. The molecule has 0 aliphatic carbocycles. The fraction of sp³-hybridized carbons (Fsp3) is 0. The van der Waals surface area contributed by atoms with E-state index in [1.165, 1.54) is 0 Å². The van der Waals surface area contributed by atoms with Gasteiger partial charge in [0.25, 0.3) is 0 Å². The van der Waals surface area contributed by atoms with Gasteiger partial charge in [-0.3, -0.25) is 0 Å². The van der Waals surface area contributed by atoms with Crippen LogP contribution in [0.25, 0.3) is 0 Å². The summed E-state index contributed by atoms with van der Waals surface area (Å²) in [6, 6.07) is 0. The quantitative estimate of drug-likeness (QED) is 0.518. The molecule has 2 N–H and O–H groups in total. The topological polar surface area (TPSA) is 74.6 Å². The third-order valence-electron chi connectivity index (χ3n) is 0.349. The molecule has 0 aliphatic rings. The van der Waals surface area contributed by atoms with E-state index >= 15 is 0 Å². The monoisotopic (exact) mass is 306 g/mol. The molecule has 0 saturated carbocycles. The summed E-state index contributed by atoms with van der Waals surface area (Å²) >= 11 is 4.50. The first-order valence-electron chi connectivity index (χ1n) is 2.45. The number of rotatable bonds is 2. The van der Waals surface area contributed by atoms with Crippen LogP contribution >= 0.6 is 0 Å². The van der Waals surface area contributed by atoms with E-state index in [2.05, 4.69) is 41.5 Å². The van der Waals surface area contributed by atoms with Gasteiger partial charge in [0.05, 0.1) is 0 Å². The molecule has 0 aromatic rings. The Labute approximate surface area is 85.5 Å². The minimum atomic E-state index is -0.981. The van der Waals surface area contributed by atoms with Crippen LogP contribution < -0.4 is 0 Å². The maximum atomic E-state index is 9.25. The third-order valence-corrected chi connectivity index (χ3v) is 0.349. The van der Waals surface area contributed by atoms with Crippen molar-refractivity contribution in [2.24, 2.45) is 0 Å². The fourth-order valence-corrected chi connectivity index (χ4v) is 0. The van der Waals surface area contributed by atoms with Crippen LogP contribution in [-0.2, 0) is 9.59 Å². The van der Waals surface area contributed by atoms with Gasteiger partial charge in [-0.05, 0) is 0 Å². The van der Waals surface area contributed by atoms with Crippen molar-refractivity contribution in [1.82, 2.24) is 0 Å². The third kappa shape index (κ3) is 56.6. The average Bonchev–Trinajstić information content (AvgIpc) is 2.09. The van der Waals surface area contributed by atoms with Crippen LogP contribution in [0.3, 0.4) is 0 Å². The molecule has 12 heavy (non-hydrogen) atoms. The summed E-state index contributed by atoms with van der Waals surface area (Å²) in [7, 11) is 0. The van der Waals surface area contributed by atoms with Gasteiger partial charge in [-0.25, -0.2) is 9.59 Å². The Balaban J connectivity index is -0.000000112. The summed E-state index contributed by atoms with van der Waals surface area (Å²) in [5.41, 5.74) is 0. The van der Waals surface area contributed by atoms with Gasteiger partial charge in [-0.15, -0.1) is 0 Å². The van der Waals surface area contributed by atoms with E-state index in [4.69, 9.17) is 10.2 Å². The number of hydrogen-bond acceptors (Lipinski definition) is 2. The molecule has 0 saturated heterocycles. The second-order valence-electron chi connectivity index (χ2n) is 1.08. The van der Waals surface area contributed by atoms with E-state index in [0.29, 0.717) is 0 Å². The molecule has 0 aromatic carbocycles. The Hall–Kier alpha value is -0.541. The maximum absolute atomic E-state index is 9.25. The van der Waals surface area contributed by atoms with Crippen LogP contribution in [0.2, 0.25) is 0 Å². The first-order chi connectivity index (χ1) is 5.54. The van der Waals surface area contributed by atoms with Crippen molar-refractivity contribution in [3.63, 3.8) is 0 Å². The second-order valence-corrected chi connectivity index (χ2v) is 1.08. The molecule has 0 spiro atoms. The summed E-state index contributed by atoms with van der Waals surface area (Å²) in [4.78, 5) is 18.5. The van der Waals surface area contributed by atoms with Gasteiger partial charge >= 0.3 is 40.3 Å². The van der Waals surface area contributed by atoms with E-state index in [1.54, 1.807) is 0 Å². The number of hydrogen-bond donors (Lipinski definition) is 2. The van der Waals surface area contributed by atoms with Crippen molar-refractivity contribution >= 4 is 40.3 Å². The van der Waals surface area contributed by atoms with Gasteiger partial charge < -0.3 is 10.2 Å². The number of carboxylic acids is 2. The van der Waals surface area contributed by atoms with Gasteiger partial charge in [-0.2, -0.15) is 0 Å². The SMILES string of the molecule is C=CC(=O)O.C=CC(=O)O.[SeH][SeH]. The molecule has 0 heterocycles. The Morgan fingerprint density at radius 3 is 1.08 bits per heavy atom. The zero-order valence-electron chi connectivity index (χ0n) is 6.17. The molecule has 0 unspecified atom stereocenters. The summed E-state index contributed by atoms with van der Waals surface area (Å²) < 4.78 is 0. The summed E-state index contributed by atoms with van der Waals surface area (Å²) in [5, 5.41) is 15.2. The van der Waals surface area contributed by atoms with E-state index < -0.39 is 11.9 Å². The normalized spacial score (nSPS) is 5.83. The van der Waals surface area contributed by atoms with Gasteiger partial charge in [0.15, 0.2) is 0 Å². The van der Waals surface area contributed by atoms with E-state index in [0.717, 1.165) is 12.2 Å². The number of aliphatic carboxylic acids is 2. The summed E-state index contributed by atoms with van der Waals surface area (Å²) in [6.45, 7) is 5.92. The molecule has 0 amide bonds. The van der Waals surface area contributed by atoms with Crippen molar-refractivity contribution in [2.45, 2.75) is 0 Å². The summed E-state index contributed by atoms with van der Waals surface area (Å²) in [6.07, 6.45) is 1.67. The molecule has 0 aliphatic heterocycles. The second kappa shape index (κ2) is 16.8. The molecule has 70 valence electrons. The zero-order chi connectivity index (χ0) is 10.6. The van der Waals surface area contributed by atoms with Crippen molar-refractivity contribution in [2.75, 3.05) is 0 Å². The van der Waals surface area contributed by atoms with E-state index in [9.17, 15) is 9.59 Å². The van der Waals surface area contributed by atoms with Gasteiger partial charge in [0.2, 0.25) is 0 Å². The number of carboxylic acid groups (broad SMARTS) is 2. The molecular weight excluding hydrogens is 294 g/mol. The van der Waals surface area contributed by atoms with Gasteiger partial charge in [0, 0.05) is 12.2 Å². The van der Waals surface area contributed by atoms with Gasteiger partial charge in [0.1, 0.15) is 0 Å². The van der Waals surface area contributed by atoms with Crippen molar-refractivity contribution in [1.29, 1.82) is 0 Å².